The van der Waals surface area contributed by atoms with E-state index in [4.69, 9.17) is 0 Å². The Bertz CT molecular complexity index is 594. The normalized spacial score (nSPS) is 13.5. The van der Waals surface area contributed by atoms with Crippen molar-refractivity contribution in [3.63, 3.8) is 0 Å². The Balaban J connectivity index is 2.57. The predicted octanol–water partition coefficient (Wildman–Crippen LogP) is 3.97. The molecule has 1 aromatic carbocycles. The summed E-state index contributed by atoms with van der Waals surface area (Å²) in [5.74, 6) is -0.146. The van der Waals surface area contributed by atoms with Crippen molar-refractivity contribution in [3.05, 3.63) is 35.4 Å². The van der Waals surface area contributed by atoms with Crippen LogP contribution in [-0.2, 0) is 11.2 Å². The van der Waals surface area contributed by atoms with Gasteiger partial charge in [0.25, 0.3) is 0 Å². The molecule has 1 atom stereocenters. The van der Waals surface area contributed by atoms with Gasteiger partial charge >= 0.3 is 0 Å². The van der Waals surface area contributed by atoms with Gasteiger partial charge in [0.05, 0.1) is 0 Å². The van der Waals surface area contributed by atoms with Crippen molar-refractivity contribution in [2.75, 3.05) is 6.61 Å². The Kier molecular flexibility index (Phi) is 8.16. The molecule has 0 bridgehead atoms. The number of carbonyl (C=O) groups excluding carboxylic acids is 2. The summed E-state index contributed by atoms with van der Waals surface area (Å²) in [5.41, 5.74) is 1.17. The van der Waals surface area contributed by atoms with Crippen LogP contribution in [0.1, 0.15) is 76.2 Å². The molecule has 4 nitrogen and oxygen atoms in total. The summed E-state index contributed by atoms with van der Waals surface area (Å²) in [4.78, 5) is 24.4. The first-order chi connectivity index (χ1) is 11.9. The predicted molar refractivity (Wildman–Crippen MR) is 104 cm³/mol. The fourth-order valence-electron chi connectivity index (χ4n) is 2.55. The zero-order valence-corrected chi connectivity index (χ0v) is 16.8. The van der Waals surface area contributed by atoms with E-state index in [0.29, 0.717) is 31.2 Å². The third-order valence-electron chi connectivity index (χ3n) is 4.62. The Morgan fingerprint density at radius 3 is 2.08 bits per heavy atom. The van der Waals surface area contributed by atoms with Crippen LogP contribution in [0, 0.1) is 10.8 Å². The van der Waals surface area contributed by atoms with E-state index >= 15 is 0 Å². The van der Waals surface area contributed by atoms with Crippen LogP contribution in [0.4, 0.5) is 0 Å². The van der Waals surface area contributed by atoms with Crippen molar-refractivity contribution in [2.24, 2.45) is 10.8 Å². The van der Waals surface area contributed by atoms with Gasteiger partial charge in [0.15, 0.2) is 5.78 Å². The smallest absolute Gasteiger partial charge is 0.191 e. The van der Waals surface area contributed by atoms with Crippen LogP contribution in [0.3, 0.4) is 0 Å². The maximum absolute atomic E-state index is 12.3. The third kappa shape index (κ3) is 8.24. The number of ketones is 2. The summed E-state index contributed by atoms with van der Waals surface area (Å²) in [6.07, 6.45) is 1.64. The standard InChI is InChI=1S/C22H34O4/c1-21(2,3)12-11-19(25)20(26)17-8-6-16(7-9-17)14-18(24)10-13-22(4,5)15-23/h6-9,19,23,25H,10-15H2,1-5H3. The van der Waals surface area contributed by atoms with Crippen molar-refractivity contribution in [2.45, 2.75) is 72.8 Å². The van der Waals surface area contributed by atoms with E-state index in [-0.39, 0.29) is 29.0 Å². The molecule has 0 heterocycles. The molecule has 0 aliphatic carbocycles. The highest BCUT2D eigenvalue weighted by Crippen LogP contribution is 2.23. The topological polar surface area (TPSA) is 74.6 Å². The molecule has 4 heteroatoms. The van der Waals surface area contributed by atoms with Crippen LogP contribution in [0.5, 0.6) is 0 Å². The number of Topliss-reactive ketones (excluding diaryl/α,β-unsaturated/α-hetero) is 2. The molecule has 0 saturated carbocycles. The highest BCUT2D eigenvalue weighted by Gasteiger charge is 2.21. The van der Waals surface area contributed by atoms with Crippen LogP contribution in [0.15, 0.2) is 24.3 Å². The van der Waals surface area contributed by atoms with E-state index < -0.39 is 6.10 Å². The molecule has 0 radical (unpaired) electrons. The van der Waals surface area contributed by atoms with Gasteiger partial charge in [-0.3, -0.25) is 9.59 Å². The summed E-state index contributed by atoms with van der Waals surface area (Å²) < 4.78 is 0. The lowest BCUT2D eigenvalue weighted by molar-refractivity contribution is -0.119. The number of carbonyl (C=O) groups is 2. The summed E-state index contributed by atoms with van der Waals surface area (Å²) in [5, 5.41) is 19.3. The van der Waals surface area contributed by atoms with E-state index in [0.717, 1.165) is 12.0 Å². The van der Waals surface area contributed by atoms with Gasteiger partial charge in [-0.05, 0) is 35.7 Å². The summed E-state index contributed by atoms with van der Waals surface area (Å²) in [6, 6.07) is 6.92. The Hall–Kier alpha value is -1.52. The lowest BCUT2D eigenvalue weighted by Gasteiger charge is -2.20. The van der Waals surface area contributed by atoms with E-state index in [1.807, 2.05) is 13.8 Å². The molecular weight excluding hydrogens is 328 g/mol. The van der Waals surface area contributed by atoms with Crippen LogP contribution in [0.25, 0.3) is 0 Å². The highest BCUT2D eigenvalue weighted by atomic mass is 16.3. The first-order valence-electron chi connectivity index (χ1n) is 9.37. The maximum atomic E-state index is 12.3. The van der Waals surface area contributed by atoms with Crippen LogP contribution in [0.2, 0.25) is 0 Å². The molecular formula is C22H34O4. The quantitative estimate of drug-likeness (QED) is 0.618. The first kappa shape index (κ1) is 22.5. The molecule has 0 aliphatic heterocycles. The number of hydrogen-bond acceptors (Lipinski definition) is 4. The van der Waals surface area contributed by atoms with E-state index in [2.05, 4.69) is 20.8 Å². The van der Waals surface area contributed by atoms with Gasteiger partial charge in [-0.25, -0.2) is 0 Å². The van der Waals surface area contributed by atoms with Gasteiger partial charge in [-0.15, -0.1) is 0 Å². The number of aliphatic hydroxyl groups excluding tert-OH is 2. The van der Waals surface area contributed by atoms with E-state index in [1.54, 1.807) is 24.3 Å². The zero-order valence-electron chi connectivity index (χ0n) is 16.8. The van der Waals surface area contributed by atoms with Gasteiger partial charge in [-0.2, -0.15) is 0 Å². The molecule has 0 saturated heterocycles. The molecule has 0 fully saturated rings. The molecule has 2 N–H and O–H groups in total. The summed E-state index contributed by atoms with van der Waals surface area (Å²) in [7, 11) is 0. The average molecular weight is 363 g/mol. The Labute approximate surface area is 157 Å². The lowest BCUT2D eigenvalue weighted by Crippen LogP contribution is -2.22. The SMILES string of the molecule is CC(C)(C)CCC(O)C(=O)c1ccc(CC(=O)CCC(C)(C)CO)cc1. The molecule has 26 heavy (non-hydrogen) atoms. The molecule has 0 amide bonds. The minimum absolute atomic E-state index is 0.0641. The molecule has 1 aromatic rings. The molecule has 0 spiro atoms. The number of hydrogen-bond donors (Lipinski definition) is 2. The second kappa shape index (κ2) is 9.43. The minimum Gasteiger partial charge on any atom is -0.396 e. The lowest BCUT2D eigenvalue weighted by atomic mass is 9.87. The summed E-state index contributed by atoms with van der Waals surface area (Å²) >= 11 is 0. The molecule has 0 aliphatic rings. The van der Waals surface area contributed by atoms with Crippen molar-refractivity contribution in [3.8, 4) is 0 Å². The monoisotopic (exact) mass is 362 g/mol. The zero-order chi connectivity index (χ0) is 20.0. The van der Waals surface area contributed by atoms with Crippen LogP contribution < -0.4 is 0 Å². The number of rotatable bonds is 10. The minimum atomic E-state index is -0.984. The van der Waals surface area contributed by atoms with Gasteiger partial charge in [-0.1, -0.05) is 58.9 Å². The van der Waals surface area contributed by atoms with Crippen LogP contribution in [-0.4, -0.2) is 34.5 Å². The van der Waals surface area contributed by atoms with Gasteiger partial charge in [0.1, 0.15) is 11.9 Å². The Morgan fingerprint density at radius 1 is 1.00 bits per heavy atom. The van der Waals surface area contributed by atoms with Crippen LogP contribution >= 0.6 is 0 Å². The second-order valence-electron chi connectivity index (χ2n) is 9.21. The summed E-state index contributed by atoms with van der Waals surface area (Å²) in [6.45, 7) is 10.2. The highest BCUT2D eigenvalue weighted by molar-refractivity contribution is 5.99. The van der Waals surface area contributed by atoms with Crippen molar-refractivity contribution >= 4 is 11.6 Å². The third-order valence-corrected chi connectivity index (χ3v) is 4.62. The van der Waals surface area contributed by atoms with Gasteiger partial charge < -0.3 is 10.2 Å². The van der Waals surface area contributed by atoms with Gasteiger partial charge in [0.2, 0.25) is 0 Å². The molecule has 1 unspecified atom stereocenters. The number of aliphatic hydroxyl groups is 2. The fraction of sp³-hybridized carbons (Fsp3) is 0.636. The van der Waals surface area contributed by atoms with Crippen molar-refractivity contribution in [1.29, 1.82) is 0 Å². The molecule has 146 valence electrons. The number of benzene rings is 1. The van der Waals surface area contributed by atoms with Crippen molar-refractivity contribution in [1.82, 2.24) is 0 Å². The van der Waals surface area contributed by atoms with Gasteiger partial charge in [0, 0.05) is 25.0 Å². The van der Waals surface area contributed by atoms with Crippen molar-refractivity contribution < 1.29 is 19.8 Å². The average Bonchev–Trinajstić information content (AvgIpc) is 2.57. The largest absolute Gasteiger partial charge is 0.396 e. The van der Waals surface area contributed by atoms with E-state index in [9.17, 15) is 19.8 Å². The first-order valence-corrected chi connectivity index (χ1v) is 9.37. The second-order valence-corrected chi connectivity index (χ2v) is 9.21. The molecule has 0 aromatic heterocycles. The maximum Gasteiger partial charge on any atom is 0.191 e. The van der Waals surface area contributed by atoms with E-state index in [1.165, 1.54) is 0 Å². The fourth-order valence-corrected chi connectivity index (χ4v) is 2.55. The Morgan fingerprint density at radius 2 is 1.58 bits per heavy atom. The molecule has 1 rings (SSSR count).